The number of aromatic amines is 1. The van der Waals surface area contributed by atoms with Crippen molar-refractivity contribution >= 4 is 32.7 Å². The molecule has 0 saturated heterocycles. The summed E-state index contributed by atoms with van der Waals surface area (Å²) >= 11 is 3.48. The fraction of sp³-hybridized carbons (Fsp3) is 0.400. The molecular weight excluding hydrogens is 320 g/mol. The molecule has 1 atom stereocenters. The summed E-state index contributed by atoms with van der Waals surface area (Å²) in [6.07, 6.45) is 2.13. The quantitative estimate of drug-likeness (QED) is 0.803. The normalized spacial score (nSPS) is 17.9. The summed E-state index contributed by atoms with van der Waals surface area (Å²) in [7, 11) is 0. The molecule has 1 saturated carbocycles. The maximum absolute atomic E-state index is 12.4. The number of benzene rings is 1. The van der Waals surface area contributed by atoms with E-state index in [9.17, 15) is 9.90 Å². The number of hydrogen-bond acceptors (Lipinski definition) is 2. The van der Waals surface area contributed by atoms with Crippen LogP contribution in [0.25, 0.3) is 10.9 Å². The highest BCUT2D eigenvalue weighted by molar-refractivity contribution is 9.10. The first-order valence-corrected chi connectivity index (χ1v) is 7.53. The third-order valence-electron chi connectivity index (χ3n) is 4.06. The van der Waals surface area contributed by atoms with Crippen molar-refractivity contribution < 1.29 is 9.90 Å². The zero-order valence-corrected chi connectivity index (χ0v) is 12.8. The van der Waals surface area contributed by atoms with Gasteiger partial charge in [-0.05, 0) is 43.9 Å². The molecule has 0 spiro atoms. The smallest absolute Gasteiger partial charge is 0.268 e. The number of carbonyl (C=O) groups is 1. The number of H-pyrrole nitrogens is 1. The molecule has 5 heteroatoms. The molecule has 1 fully saturated rings. The zero-order valence-electron chi connectivity index (χ0n) is 11.2. The summed E-state index contributed by atoms with van der Waals surface area (Å²) in [5.74, 6) is 0.212. The SMILES string of the molecule is CC(CO)(NC(=O)c1cc2c(Br)cccc2[nH]1)C1CC1. The maximum Gasteiger partial charge on any atom is 0.268 e. The number of halogens is 1. The van der Waals surface area contributed by atoms with E-state index in [1.807, 2.05) is 31.2 Å². The van der Waals surface area contributed by atoms with Crippen LogP contribution in [0.5, 0.6) is 0 Å². The minimum atomic E-state index is -0.522. The van der Waals surface area contributed by atoms with Gasteiger partial charge in [-0.3, -0.25) is 4.79 Å². The van der Waals surface area contributed by atoms with E-state index in [1.165, 1.54) is 0 Å². The first-order valence-electron chi connectivity index (χ1n) is 6.74. The van der Waals surface area contributed by atoms with E-state index in [2.05, 4.69) is 26.2 Å². The van der Waals surface area contributed by atoms with Crippen molar-refractivity contribution in [2.24, 2.45) is 5.92 Å². The van der Waals surface area contributed by atoms with Gasteiger partial charge in [-0.15, -0.1) is 0 Å². The first-order chi connectivity index (χ1) is 9.53. The van der Waals surface area contributed by atoms with Gasteiger partial charge in [-0.1, -0.05) is 22.0 Å². The second-order valence-corrected chi connectivity index (χ2v) is 6.54. The van der Waals surface area contributed by atoms with Crippen molar-refractivity contribution in [1.29, 1.82) is 0 Å². The van der Waals surface area contributed by atoms with Crippen molar-refractivity contribution in [3.8, 4) is 0 Å². The number of fused-ring (bicyclic) bond motifs is 1. The molecule has 0 aliphatic heterocycles. The van der Waals surface area contributed by atoms with Gasteiger partial charge in [0.15, 0.2) is 0 Å². The molecule has 1 aromatic heterocycles. The van der Waals surface area contributed by atoms with Crippen LogP contribution < -0.4 is 5.32 Å². The van der Waals surface area contributed by atoms with Crippen molar-refractivity contribution in [2.75, 3.05) is 6.61 Å². The molecule has 0 bridgehead atoms. The van der Waals surface area contributed by atoms with Gasteiger partial charge >= 0.3 is 0 Å². The van der Waals surface area contributed by atoms with E-state index in [0.29, 0.717) is 11.6 Å². The second kappa shape index (κ2) is 4.90. The highest BCUT2D eigenvalue weighted by Gasteiger charge is 2.42. The number of carbonyl (C=O) groups excluding carboxylic acids is 1. The van der Waals surface area contributed by atoms with E-state index >= 15 is 0 Å². The Bertz CT molecular complexity index is 663. The van der Waals surface area contributed by atoms with Crippen LogP contribution in [0, 0.1) is 5.92 Å². The summed E-state index contributed by atoms with van der Waals surface area (Å²) in [6, 6.07) is 7.63. The van der Waals surface area contributed by atoms with E-state index in [-0.39, 0.29) is 12.5 Å². The molecule has 3 rings (SSSR count). The molecule has 4 nitrogen and oxygen atoms in total. The number of aliphatic hydroxyl groups excluding tert-OH is 1. The number of aliphatic hydroxyl groups is 1. The van der Waals surface area contributed by atoms with Crippen LogP contribution in [0.2, 0.25) is 0 Å². The Morgan fingerprint density at radius 1 is 1.55 bits per heavy atom. The Balaban J connectivity index is 1.87. The lowest BCUT2D eigenvalue weighted by Crippen LogP contribution is -2.50. The van der Waals surface area contributed by atoms with E-state index < -0.39 is 5.54 Å². The summed E-state index contributed by atoms with van der Waals surface area (Å²) in [5.41, 5.74) is 0.917. The fourth-order valence-electron chi connectivity index (χ4n) is 2.56. The highest BCUT2D eigenvalue weighted by Crippen LogP contribution is 2.39. The highest BCUT2D eigenvalue weighted by atomic mass is 79.9. The monoisotopic (exact) mass is 336 g/mol. The van der Waals surface area contributed by atoms with Crippen LogP contribution in [-0.4, -0.2) is 28.1 Å². The van der Waals surface area contributed by atoms with E-state index in [4.69, 9.17) is 0 Å². The maximum atomic E-state index is 12.4. The Morgan fingerprint density at radius 2 is 2.30 bits per heavy atom. The Morgan fingerprint density at radius 3 is 2.90 bits per heavy atom. The molecule has 1 aliphatic rings. The van der Waals surface area contributed by atoms with Crippen LogP contribution in [0.1, 0.15) is 30.3 Å². The van der Waals surface area contributed by atoms with Gasteiger partial charge in [0.1, 0.15) is 5.69 Å². The van der Waals surface area contributed by atoms with Crippen molar-refractivity contribution in [3.63, 3.8) is 0 Å². The molecule has 1 amide bonds. The van der Waals surface area contributed by atoms with Crippen LogP contribution in [0.3, 0.4) is 0 Å². The van der Waals surface area contributed by atoms with E-state index in [0.717, 1.165) is 28.2 Å². The molecule has 20 heavy (non-hydrogen) atoms. The topological polar surface area (TPSA) is 65.1 Å². The summed E-state index contributed by atoms with van der Waals surface area (Å²) in [6.45, 7) is 1.87. The molecule has 1 unspecified atom stereocenters. The molecule has 106 valence electrons. The van der Waals surface area contributed by atoms with E-state index in [1.54, 1.807) is 0 Å². The Hall–Kier alpha value is -1.33. The number of aromatic nitrogens is 1. The lowest BCUT2D eigenvalue weighted by molar-refractivity contribution is 0.0820. The number of nitrogens with one attached hydrogen (secondary N) is 2. The molecular formula is C15H17BrN2O2. The molecule has 1 heterocycles. The second-order valence-electron chi connectivity index (χ2n) is 5.69. The lowest BCUT2D eigenvalue weighted by Gasteiger charge is -2.28. The largest absolute Gasteiger partial charge is 0.394 e. The molecule has 0 radical (unpaired) electrons. The van der Waals surface area contributed by atoms with Gasteiger partial charge < -0.3 is 15.4 Å². The Labute approximate surface area is 125 Å². The van der Waals surface area contributed by atoms with Crippen LogP contribution in [-0.2, 0) is 0 Å². The average Bonchev–Trinajstić information content (AvgIpc) is 3.19. The number of hydrogen-bond donors (Lipinski definition) is 3. The van der Waals surface area contributed by atoms with Crippen LogP contribution in [0.15, 0.2) is 28.7 Å². The van der Waals surface area contributed by atoms with Gasteiger partial charge in [-0.2, -0.15) is 0 Å². The molecule has 1 aliphatic carbocycles. The third kappa shape index (κ3) is 2.36. The van der Waals surface area contributed by atoms with Gasteiger partial charge in [0.05, 0.1) is 12.1 Å². The van der Waals surface area contributed by atoms with Crippen LogP contribution in [0.4, 0.5) is 0 Å². The molecule has 2 aromatic rings. The fourth-order valence-corrected chi connectivity index (χ4v) is 3.04. The molecule has 3 N–H and O–H groups in total. The van der Waals surface area contributed by atoms with Crippen molar-refractivity contribution in [3.05, 3.63) is 34.4 Å². The minimum Gasteiger partial charge on any atom is -0.394 e. The summed E-state index contributed by atoms with van der Waals surface area (Å²) in [4.78, 5) is 15.5. The van der Waals surface area contributed by atoms with Gasteiger partial charge in [0.2, 0.25) is 0 Å². The Kier molecular flexibility index (Phi) is 3.34. The lowest BCUT2D eigenvalue weighted by atomic mass is 9.97. The van der Waals surface area contributed by atoms with Crippen LogP contribution >= 0.6 is 15.9 Å². The summed E-state index contributed by atoms with van der Waals surface area (Å²) in [5, 5.41) is 13.5. The van der Waals surface area contributed by atoms with Gasteiger partial charge in [0.25, 0.3) is 5.91 Å². The van der Waals surface area contributed by atoms with Gasteiger partial charge in [-0.25, -0.2) is 0 Å². The van der Waals surface area contributed by atoms with Crippen molar-refractivity contribution in [1.82, 2.24) is 10.3 Å². The standard InChI is InChI=1S/C15H17BrN2O2/c1-15(8-19,9-5-6-9)18-14(20)13-7-10-11(16)3-2-4-12(10)17-13/h2-4,7,9,17,19H,5-6,8H2,1H3,(H,18,20). The third-order valence-corrected chi connectivity index (χ3v) is 4.75. The van der Waals surface area contributed by atoms with Gasteiger partial charge in [0, 0.05) is 15.4 Å². The predicted molar refractivity (Wildman–Crippen MR) is 81.7 cm³/mol. The summed E-state index contributed by atoms with van der Waals surface area (Å²) < 4.78 is 0.956. The minimum absolute atomic E-state index is 0.0344. The average molecular weight is 337 g/mol. The van der Waals surface area contributed by atoms with Crippen molar-refractivity contribution in [2.45, 2.75) is 25.3 Å². The zero-order chi connectivity index (χ0) is 14.3. The first kappa shape index (κ1) is 13.6. The number of rotatable bonds is 4. The number of amides is 1. The molecule has 1 aromatic carbocycles. The predicted octanol–water partition coefficient (Wildman–Crippen LogP) is 2.82.